The van der Waals surface area contributed by atoms with Crippen molar-refractivity contribution in [2.24, 2.45) is 0 Å². The van der Waals surface area contributed by atoms with Crippen molar-refractivity contribution in [2.75, 3.05) is 0 Å². The monoisotopic (exact) mass is 398 g/mol. The molecular formula is C18H10N2O9. The van der Waals surface area contributed by atoms with E-state index in [2.05, 4.69) is 4.74 Å². The van der Waals surface area contributed by atoms with Gasteiger partial charge in [-0.05, 0) is 6.07 Å². The number of fused-ring (bicyclic) bond motifs is 2. The first kappa shape index (κ1) is 19.5. The third-order valence-electron chi connectivity index (χ3n) is 4.18. The van der Waals surface area contributed by atoms with Crippen LogP contribution in [0.4, 0.5) is 11.4 Å². The summed E-state index contributed by atoms with van der Waals surface area (Å²) in [7, 11) is 0. The second-order valence-electron chi connectivity index (χ2n) is 5.92. The van der Waals surface area contributed by atoms with Crippen molar-refractivity contribution in [1.29, 1.82) is 0 Å². The van der Waals surface area contributed by atoms with E-state index in [9.17, 15) is 39.4 Å². The van der Waals surface area contributed by atoms with Crippen molar-refractivity contribution >= 4 is 34.9 Å². The van der Waals surface area contributed by atoms with Gasteiger partial charge in [-0.15, -0.1) is 0 Å². The van der Waals surface area contributed by atoms with E-state index in [1.807, 2.05) is 0 Å². The number of carbonyl (C=O) groups excluding carboxylic acids is 4. The van der Waals surface area contributed by atoms with Gasteiger partial charge in [0, 0.05) is 22.8 Å². The highest BCUT2D eigenvalue weighted by atomic mass is 16.6. The Morgan fingerprint density at radius 3 is 1.72 bits per heavy atom. The largest absolute Gasteiger partial charge is 0.393 e. The fourth-order valence-electron chi connectivity index (χ4n) is 2.92. The van der Waals surface area contributed by atoms with Crippen LogP contribution in [-0.2, 0) is 14.3 Å². The zero-order valence-corrected chi connectivity index (χ0v) is 14.4. The molecule has 0 aromatic heterocycles. The Balaban J connectivity index is 0.000000290. The summed E-state index contributed by atoms with van der Waals surface area (Å²) in [6.07, 6.45) is 0.525. The van der Waals surface area contributed by atoms with Gasteiger partial charge in [0.25, 0.3) is 0 Å². The lowest BCUT2D eigenvalue weighted by molar-refractivity contribution is -0.422. The zero-order chi connectivity index (χ0) is 21.3. The molecule has 0 amide bonds. The molecule has 2 aromatic rings. The fraction of sp³-hybridized carbons (Fsp3) is 0.111. The molecule has 0 radical (unpaired) electrons. The molecule has 2 aromatic carbocycles. The maximum atomic E-state index is 12.5. The van der Waals surface area contributed by atoms with Gasteiger partial charge < -0.3 is 4.74 Å². The lowest BCUT2D eigenvalue weighted by Gasteiger charge is -2.16. The van der Waals surface area contributed by atoms with Crippen molar-refractivity contribution in [3.05, 3.63) is 78.9 Å². The van der Waals surface area contributed by atoms with Gasteiger partial charge in [0.2, 0.25) is 5.78 Å². The highest BCUT2D eigenvalue weighted by Crippen LogP contribution is 2.38. The average molecular weight is 398 g/mol. The molecule has 2 aliphatic rings. The number of benzene rings is 2. The van der Waals surface area contributed by atoms with Crippen LogP contribution in [0.2, 0.25) is 0 Å². The van der Waals surface area contributed by atoms with Crippen LogP contribution in [0.3, 0.4) is 0 Å². The molecule has 1 saturated heterocycles. The quantitative estimate of drug-likeness (QED) is 0.272. The fourth-order valence-corrected chi connectivity index (χ4v) is 2.92. The van der Waals surface area contributed by atoms with Crippen molar-refractivity contribution in [1.82, 2.24) is 0 Å². The van der Waals surface area contributed by atoms with E-state index in [4.69, 9.17) is 0 Å². The second kappa shape index (κ2) is 7.38. The van der Waals surface area contributed by atoms with Gasteiger partial charge in [-0.1, -0.05) is 24.3 Å². The maximum Gasteiger partial charge on any atom is 0.357 e. The van der Waals surface area contributed by atoms with Gasteiger partial charge in [-0.25, -0.2) is 0 Å². The first-order valence-electron chi connectivity index (χ1n) is 8.10. The summed E-state index contributed by atoms with van der Waals surface area (Å²) in [6, 6.07) is 7.83. The number of hydrogen-bond donors (Lipinski definition) is 0. The number of nitro benzene ring substituents is 2. The van der Waals surface area contributed by atoms with Crippen LogP contribution < -0.4 is 0 Å². The van der Waals surface area contributed by atoms with Crippen LogP contribution in [0.15, 0.2) is 36.4 Å². The number of ether oxygens (including phenoxy) is 1. The predicted octanol–water partition coefficient (Wildman–Crippen LogP) is 2.13. The molecule has 1 fully saturated rings. The molecule has 11 heteroatoms. The van der Waals surface area contributed by atoms with Crippen LogP contribution in [0.5, 0.6) is 0 Å². The van der Waals surface area contributed by atoms with Crippen molar-refractivity contribution in [3.8, 4) is 0 Å². The summed E-state index contributed by atoms with van der Waals surface area (Å²) in [5.74, 6) is -2.13. The van der Waals surface area contributed by atoms with Crippen molar-refractivity contribution < 1.29 is 33.8 Å². The number of hydrogen-bond acceptors (Lipinski definition) is 9. The third kappa shape index (κ3) is 3.48. The first-order chi connectivity index (χ1) is 13.7. The molecule has 0 spiro atoms. The summed E-state index contributed by atoms with van der Waals surface area (Å²) in [5.41, 5.74) is -2.35. The Hall–Kier alpha value is -4.28. The summed E-state index contributed by atoms with van der Waals surface area (Å²) in [5, 5.41) is 22.2. The van der Waals surface area contributed by atoms with Gasteiger partial charge in [-0.2, -0.15) is 0 Å². The third-order valence-corrected chi connectivity index (χ3v) is 4.18. The molecule has 1 aliphatic carbocycles. The normalized spacial score (nSPS) is 14.3. The van der Waals surface area contributed by atoms with E-state index in [0.717, 1.165) is 12.1 Å². The van der Waals surface area contributed by atoms with E-state index in [-0.39, 0.29) is 29.5 Å². The van der Waals surface area contributed by atoms with E-state index in [1.165, 1.54) is 18.2 Å². The highest BCUT2D eigenvalue weighted by molar-refractivity contribution is 6.30. The summed E-state index contributed by atoms with van der Waals surface area (Å²) in [6.45, 7) is 0. The minimum Gasteiger partial charge on any atom is -0.393 e. The molecule has 29 heavy (non-hydrogen) atoms. The number of esters is 2. The standard InChI is InChI=1S/C14H6N2O6.C4H4O3/c17-13-7-3-1-2-4-8(7)14(18)11-9(13)5-6-10(15(19)20)12(11)16(21)22;5-3-1-2-4(6)7-3/h1-6H;1-2H2. The number of carbonyl (C=O) groups is 4. The molecular weight excluding hydrogens is 388 g/mol. The second-order valence-corrected chi connectivity index (χ2v) is 5.92. The number of nitrogens with zero attached hydrogens (tertiary/aromatic N) is 2. The number of rotatable bonds is 2. The molecule has 4 rings (SSSR count). The van der Waals surface area contributed by atoms with Gasteiger partial charge in [-0.3, -0.25) is 39.4 Å². The molecule has 146 valence electrons. The number of nitro groups is 2. The van der Waals surface area contributed by atoms with Crippen LogP contribution in [0.25, 0.3) is 0 Å². The van der Waals surface area contributed by atoms with E-state index in [0.29, 0.717) is 0 Å². The molecule has 11 nitrogen and oxygen atoms in total. The lowest BCUT2D eigenvalue weighted by Crippen LogP contribution is -2.22. The summed E-state index contributed by atoms with van der Waals surface area (Å²) < 4.78 is 4.08. The molecule has 1 heterocycles. The van der Waals surface area contributed by atoms with Crippen molar-refractivity contribution in [3.63, 3.8) is 0 Å². The molecule has 0 saturated carbocycles. The van der Waals surface area contributed by atoms with E-state index < -0.39 is 50.3 Å². The predicted molar refractivity (Wildman–Crippen MR) is 93.4 cm³/mol. The molecule has 0 atom stereocenters. The molecule has 0 bridgehead atoms. The Kier molecular flexibility index (Phi) is 4.96. The number of cyclic esters (lactones) is 2. The van der Waals surface area contributed by atoms with Gasteiger partial charge in [0.05, 0.1) is 22.7 Å². The molecule has 1 aliphatic heterocycles. The number of ketones is 2. The average Bonchev–Trinajstić information content (AvgIpc) is 3.08. The van der Waals surface area contributed by atoms with Gasteiger partial charge >= 0.3 is 23.3 Å². The van der Waals surface area contributed by atoms with Crippen LogP contribution in [0, 0.1) is 20.2 Å². The summed E-state index contributed by atoms with van der Waals surface area (Å²) >= 11 is 0. The van der Waals surface area contributed by atoms with Crippen LogP contribution in [0.1, 0.15) is 44.7 Å². The minimum atomic E-state index is -1.00. The SMILES string of the molecule is O=C1CCC(=O)O1.O=C1c2ccccc2C(=O)c2c1ccc([N+](=O)[O-])c2[N+](=O)[O-]. The first-order valence-corrected chi connectivity index (χ1v) is 8.10. The van der Waals surface area contributed by atoms with Gasteiger partial charge in [0.1, 0.15) is 5.56 Å². The molecule has 0 N–H and O–H groups in total. The Labute approximate surface area is 161 Å². The Bertz CT molecular complexity index is 1110. The minimum absolute atomic E-state index is 0.00333. The molecule has 0 unspecified atom stereocenters. The smallest absolute Gasteiger partial charge is 0.357 e. The van der Waals surface area contributed by atoms with Crippen molar-refractivity contribution in [2.45, 2.75) is 12.8 Å². The van der Waals surface area contributed by atoms with Crippen LogP contribution >= 0.6 is 0 Å². The summed E-state index contributed by atoms with van der Waals surface area (Å²) in [4.78, 5) is 65.1. The van der Waals surface area contributed by atoms with Crippen LogP contribution in [-0.4, -0.2) is 33.4 Å². The lowest BCUT2D eigenvalue weighted by atomic mass is 9.83. The zero-order valence-electron chi connectivity index (χ0n) is 14.4. The Morgan fingerprint density at radius 2 is 1.28 bits per heavy atom. The van der Waals surface area contributed by atoms with E-state index >= 15 is 0 Å². The topological polar surface area (TPSA) is 164 Å². The van der Waals surface area contributed by atoms with Gasteiger partial charge in [0.15, 0.2) is 5.78 Å². The van der Waals surface area contributed by atoms with E-state index in [1.54, 1.807) is 6.07 Å². The Morgan fingerprint density at radius 1 is 0.724 bits per heavy atom. The maximum absolute atomic E-state index is 12.5. The highest BCUT2D eigenvalue weighted by Gasteiger charge is 2.40.